The van der Waals surface area contributed by atoms with Crippen LogP contribution in [0.15, 0.2) is 54.6 Å². The van der Waals surface area contributed by atoms with Crippen LogP contribution in [0.1, 0.15) is 26.3 Å². The Morgan fingerprint density at radius 2 is 1.22 bits per heavy atom. The fourth-order valence-corrected chi connectivity index (χ4v) is 1.51. The van der Waals surface area contributed by atoms with E-state index in [4.69, 9.17) is 0 Å². The summed E-state index contributed by atoms with van der Waals surface area (Å²) < 4.78 is 0. The van der Waals surface area contributed by atoms with Gasteiger partial charge in [0.1, 0.15) is 11.5 Å². The molecule has 0 heterocycles. The molecule has 0 spiro atoms. The van der Waals surface area contributed by atoms with E-state index >= 15 is 0 Å². The van der Waals surface area contributed by atoms with Crippen LogP contribution in [0.4, 0.5) is 0 Å². The Morgan fingerprint density at radius 3 is 1.56 bits per heavy atom. The summed E-state index contributed by atoms with van der Waals surface area (Å²) in [7, 11) is 0. The smallest absolute Gasteiger partial charge is 0.119 e. The number of phenols is 2. The van der Waals surface area contributed by atoms with Gasteiger partial charge in [0, 0.05) is 5.56 Å². The Kier molecular flexibility index (Phi) is 4.78. The first-order valence-electron chi connectivity index (χ1n) is 5.94. The van der Waals surface area contributed by atoms with Crippen LogP contribution in [-0.2, 0) is 5.41 Å². The van der Waals surface area contributed by atoms with Gasteiger partial charge in [-0.2, -0.15) is 0 Å². The molecular weight excluding hydrogens is 224 g/mol. The summed E-state index contributed by atoms with van der Waals surface area (Å²) in [5.74, 6) is 0.429. The second kappa shape index (κ2) is 6.10. The topological polar surface area (TPSA) is 40.5 Å². The third-order valence-corrected chi connectivity index (χ3v) is 2.45. The molecule has 0 amide bonds. The fraction of sp³-hybridized carbons (Fsp3) is 0.250. The summed E-state index contributed by atoms with van der Waals surface area (Å²) in [6, 6.07) is 16.6. The first-order chi connectivity index (χ1) is 8.41. The molecule has 0 aliphatic rings. The van der Waals surface area contributed by atoms with Gasteiger partial charge in [0.25, 0.3) is 0 Å². The fourth-order valence-electron chi connectivity index (χ4n) is 1.51. The first-order valence-corrected chi connectivity index (χ1v) is 5.94. The van der Waals surface area contributed by atoms with Gasteiger partial charge in [0.2, 0.25) is 0 Å². The summed E-state index contributed by atoms with van der Waals surface area (Å²) in [4.78, 5) is 0. The third kappa shape index (κ3) is 4.50. The molecule has 0 fully saturated rings. The summed E-state index contributed by atoms with van der Waals surface area (Å²) in [5.41, 5.74) is 0.630. The summed E-state index contributed by atoms with van der Waals surface area (Å²) in [5, 5.41) is 18.6. The van der Waals surface area contributed by atoms with Gasteiger partial charge in [-0.15, -0.1) is 0 Å². The highest BCUT2D eigenvalue weighted by molar-refractivity contribution is 5.42. The molecule has 18 heavy (non-hydrogen) atoms. The van der Waals surface area contributed by atoms with Crippen molar-refractivity contribution in [2.45, 2.75) is 26.2 Å². The van der Waals surface area contributed by atoms with E-state index in [2.05, 4.69) is 0 Å². The minimum Gasteiger partial charge on any atom is -0.508 e. The molecule has 2 heteroatoms. The first kappa shape index (κ1) is 14.1. The van der Waals surface area contributed by atoms with Crippen LogP contribution >= 0.6 is 0 Å². The van der Waals surface area contributed by atoms with Gasteiger partial charge >= 0.3 is 0 Å². The predicted molar refractivity (Wildman–Crippen MR) is 74.9 cm³/mol. The van der Waals surface area contributed by atoms with Crippen molar-refractivity contribution < 1.29 is 10.2 Å². The van der Waals surface area contributed by atoms with Crippen molar-refractivity contribution in [2.75, 3.05) is 0 Å². The highest BCUT2D eigenvalue weighted by Crippen LogP contribution is 2.32. The van der Waals surface area contributed by atoms with Gasteiger partial charge in [0.15, 0.2) is 0 Å². The van der Waals surface area contributed by atoms with Crippen molar-refractivity contribution in [3.05, 3.63) is 60.2 Å². The lowest BCUT2D eigenvalue weighted by molar-refractivity contribution is 0.435. The lowest BCUT2D eigenvalue weighted by Crippen LogP contribution is -2.10. The molecule has 0 radical (unpaired) electrons. The zero-order valence-corrected chi connectivity index (χ0v) is 11.1. The zero-order chi connectivity index (χ0) is 13.6. The van der Waals surface area contributed by atoms with E-state index in [-0.39, 0.29) is 16.9 Å². The van der Waals surface area contributed by atoms with Gasteiger partial charge in [-0.05, 0) is 23.6 Å². The van der Waals surface area contributed by atoms with Crippen molar-refractivity contribution >= 4 is 0 Å². The average molecular weight is 244 g/mol. The molecule has 0 saturated heterocycles. The Bertz CT molecular complexity index is 443. The van der Waals surface area contributed by atoms with E-state index in [1.807, 2.05) is 57.2 Å². The molecule has 2 aromatic rings. The van der Waals surface area contributed by atoms with Crippen LogP contribution in [0.5, 0.6) is 11.5 Å². The largest absolute Gasteiger partial charge is 0.508 e. The number of phenolic OH excluding ortho intramolecular Hbond substituents is 2. The minimum absolute atomic E-state index is 0.136. The lowest BCUT2D eigenvalue weighted by atomic mass is 9.86. The number of hydrogen-bond acceptors (Lipinski definition) is 2. The van der Waals surface area contributed by atoms with Crippen LogP contribution in [0.25, 0.3) is 0 Å². The highest BCUT2D eigenvalue weighted by atomic mass is 16.3. The standard InChI is InChI=1S/C10H14O2.C6H6/c1-10(2,3)8-6-7(11)4-5-9(8)12;1-2-4-6-5-3-1/h4-6,11-12H,1-3H3;1-6H. The van der Waals surface area contributed by atoms with E-state index in [1.54, 1.807) is 6.07 Å². The molecule has 2 N–H and O–H groups in total. The zero-order valence-electron chi connectivity index (χ0n) is 11.1. The Morgan fingerprint density at radius 1 is 0.778 bits per heavy atom. The molecule has 2 aromatic carbocycles. The highest BCUT2D eigenvalue weighted by Gasteiger charge is 2.17. The van der Waals surface area contributed by atoms with Gasteiger partial charge in [-0.3, -0.25) is 0 Å². The molecule has 0 atom stereocenters. The van der Waals surface area contributed by atoms with Crippen LogP contribution in [0, 0.1) is 0 Å². The van der Waals surface area contributed by atoms with Gasteiger partial charge in [-0.25, -0.2) is 0 Å². The molecule has 96 valence electrons. The summed E-state index contributed by atoms with van der Waals surface area (Å²) in [6.45, 7) is 5.96. The summed E-state index contributed by atoms with van der Waals surface area (Å²) in [6.07, 6.45) is 0. The van der Waals surface area contributed by atoms with E-state index in [0.29, 0.717) is 0 Å². The van der Waals surface area contributed by atoms with E-state index in [9.17, 15) is 10.2 Å². The molecular formula is C16H20O2. The number of aromatic hydroxyl groups is 2. The van der Waals surface area contributed by atoms with Gasteiger partial charge in [0.05, 0.1) is 0 Å². The van der Waals surface area contributed by atoms with Gasteiger partial charge < -0.3 is 10.2 Å². The normalized spacial score (nSPS) is 10.4. The van der Waals surface area contributed by atoms with E-state index in [0.717, 1.165) is 5.56 Å². The Balaban J connectivity index is 0.000000225. The van der Waals surface area contributed by atoms with Crippen LogP contribution in [0.3, 0.4) is 0 Å². The second-order valence-corrected chi connectivity index (χ2v) is 5.11. The van der Waals surface area contributed by atoms with Crippen molar-refractivity contribution in [2.24, 2.45) is 0 Å². The average Bonchev–Trinajstić information content (AvgIpc) is 2.34. The Labute approximate surface area is 109 Å². The molecule has 2 rings (SSSR count). The van der Waals surface area contributed by atoms with Crippen LogP contribution in [-0.4, -0.2) is 10.2 Å². The van der Waals surface area contributed by atoms with Crippen LogP contribution in [0.2, 0.25) is 0 Å². The van der Waals surface area contributed by atoms with Crippen LogP contribution < -0.4 is 0 Å². The quantitative estimate of drug-likeness (QED) is 0.685. The second-order valence-electron chi connectivity index (χ2n) is 5.11. The van der Waals surface area contributed by atoms with Gasteiger partial charge in [-0.1, -0.05) is 57.2 Å². The molecule has 0 bridgehead atoms. The Hall–Kier alpha value is -1.96. The maximum absolute atomic E-state index is 9.46. The van der Waals surface area contributed by atoms with Crippen molar-refractivity contribution in [1.82, 2.24) is 0 Å². The number of hydrogen-bond donors (Lipinski definition) is 2. The minimum atomic E-state index is -0.136. The number of rotatable bonds is 0. The van der Waals surface area contributed by atoms with Crippen molar-refractivity contribution in [3.63, 3.8) is 0 Å². The number of benzene rings is 2. The monoisotopic (exact) mass is 244 g/mol. The van der Waals surface area contributed by atoms with Crippen molar-refractivity contribution in [3.8, 4) is 11.5 Å². The SMILES string of the molecule is CC(C)(C)c1cc(O)ccc1O.c1ccccc1. The molecule has 0 unspecified atom stereocenters. The molecule has 2 nitrogen and oxygen atoms in total. The summed E-state index contributed by atoms with van der Waals surface area (Å²) >= 11 is 0. The molecule has 0 aromatic heterocycles. The van der Waals surface area contributed by atoms with Crippen molar-refractivity contribution in [1.29, 1.82) is 0 Å². The lowest BCUT2D eigenvalue weighted by Gasteiger charge is -2.20. The maximum atomic E-state index is 9.46. The molecule has 0 aliphatic carbocycles. The van der Waals surface area contributed by atoms with E-state index in [1.165, 1.54) is 12.1 Å². The maximum Gasteiger partial charge on any atom is 0.119 e. The molecule has 0 saturated carbocycles. The van der Waals surface area contributed by atoms with E-state index < -0.39 is 0 Å². The molecule has 0 aliphatic heterocycles. The predicted octanol–water partition coefficient (Wildman–Crippen LogP) is 4.08. The third-order valence-electron chi connectivity index (χ3n) is 2.45.